The molecule has 1 aliphatic heterocycles. The zero-order valence-electron chi connectivity index (χ0n) is 14.4. The number of halogens is 3. The van der Waals surface area contributed by atoms with E-state index in [-0.39, 0.29) is 24.1 Å². The third-order valence-corrected chi connectivity index (χ3v) is 5.08. The largest absolute Gasteiger partial charge is 0.416 e. The van der Waals surface area contributed by atoms with E-state index in [2.05, 4.69) is 15.7 Å². The molecule has 2 N–H and O–H groups in total. The summed E-state index contributed by atoms with van der Waals surface area (Å²) in [5.41, 5.74) is 1.08. The predicted octanol–water partition coefficient (Wildman–Crippen LogP) is 2.79. The van der Waals surface area contributed by atoms with Crippen LogP contribution in [0.5, 0.6) is 0 Å². The number of nitrogens with zero attached hydrogens (tertiary/aromatic N) is 2. The third-order valence-electron chi connectivity index (χ3n) is 4.14. The summed E-state index contributed by atoms with van der Waals surface area (Å²) in [5, 5.41) is 9.81. The molecule has 2 aromatic rings. The number of aromatic nitrogens is 2. The smallest absolute Gasteiger partial charge is 0.351 e. The molecule has 1 unspecified atom stereocenters. The minimum Gasteiger partial charge on any atom is -0.351 e. The van der Waals surface area contributed by atoms with Crippen molar-refractivity contribution in [3.63, 3.8) is 0 Å². The minimum absolute atomic E-state index is 0.0294. The van der Waals surface area contributed by atoms with Crippen molar-refractivity contribution < 1.29 is 18.0 Å². The molecule has 26 heavy (non-hydrogen) atoms. The molecule has 1 saturated heterocycles. The molecule has 1 aliphatic rings. The molecule has 1 atom stereocenters. The van der Waals surface area contributed by atoms with E-state index in [1.807, 2.05) is 0 Å². The average Bonchev–Trinajstić information content (AvgIpc) is 3.21. The number of carbonyl (C=O) groups is 1. The Bertz CT molecular complexity index is 813. The zero-order valence-corrected chi connectivity index (χ0v) is 15.2. The summed E-state index contributed by atoms with van der Waals surface area (Å²) in [6, 6.07) is 5.49. The lowest BCUT2D eigenvalue weighted by atomic mass is 10.1. The van der Waals surface area contributed by atoms with Gasteiger partial charge in [0.15, 0.2) is 0 Å². The molecular formula is C17H19F3N4OS. The highest BCUT2D eigenvalue weighted by Gasteiger charge is 2.34. The number of nitrogens with one attached hydrogen (secondary N) is 2. The van der Waals surface area contributed by atoms with Gasteiger partial charge >= 0.3 is 6.18 Å². The molecule has 1 fully saturated rings. The Morgan fingerprint density at radius 2 is 2.15 bits per heavy atom. The maximum Gasteiger partial charge on any atom is 0.416 e. The van der Waals surface area contributed by atoms with E-state index in [9.17, 15) is 18.0 Å². The van der Waals surface area contributed by atoms with Gasteiger partial charge in [0.1, 0.15) is 0 Å². The number of hydrogen-bond donors (Lipinski definition) is 2. The van der Waals surface area contributed by atoms with E-state index >= 15 is 0 Å². The Labute approximate surface area is 153 Å². The fourth-order valence-corrected chi connectivity index (χ4v) is 3.82. The van der Waals surface area contributed by atoms with Crippen LogP contribution in [0.1, 0.15) is 22.5 Å². The number of hydrogen-bond acceptors (Lipinski definition) is 4. The SMILES string of the molecule is Cc1cc(C)n(-c2ccc(CNC(=O)C3CSCN3)c(C(F)(F)F)c2)n1. The van der Waals surface area contributed by atoms with E-state index in [0.29, 0.717) is 17.3 Å². The second-order valence-corrected chi connectivity index (χ2v) is 7.20. The molecule has 0 bridgehead atoms. The van der Waals surface area contributed by atoms with Gasteiger partial charge in [0.05, 0.1) is 23.0 Å². The second-order valence-electron chi connectivity index (χ2n) is 6.17. The van der Waals surface area contributed by atoms with Gasteiger partial charge in [-0.1, -0.05) is 6.07 Å². The minimum atomic E-state index is -4.52. The first kappa shape index (κ1) is 18.8. The van der Waals surface area contributed by atoms with Gasteiger partial charge < -0.3 is 5.32 Å². The van der Waals surface area contributed by atoms with E-state index in [0.717, 1.165) is 17.5 Å². The highest BCUT2D eigenvalue weighted by Crippen LogP contribution is 2.33. The van der Waals surface area contributed by atoms with Crippen molar-refractivity contribution in [2.75, 3.05) is 11.6 Å². The summed E-state index contributed by atoms with van der Waals surface area (Å²) in [7, 11) is 0. The van der Waals surface area contributed by atoms with Crippen molar-refractivity contribution in [3.8, 4) is 5.69 Å². The standard InChI is InChI=1S/C17H19F3N4OS/c1-10-5-11(2)24(23-10)13-4-3-12(14(6-13)17(18,19)20)7-21-16(25)15-8-26-9-22-15/h3-6,15,22H,7-9H2,1-2H3,(H,21,25). The second kappa shape index (κ2) is 7.32. The van der Waals surface area contributed by atoms with Gasteiger partial charge in [-0.05, 0) is 37.6 Å². The number of aryl methyl sites for hydroxylation is 2. The number of rotatable bonds is 4. The van der Waals surface area contributed by atoms with E-state index in [1.165, 1.54) is 10.7 Å². The molecule has 0 spiro atoms. The van der Waals surface area contributed by atoms with Gasteiger partial charge in [-0.25, -0.2) is 4.68 Å². The summed E-state index contributed by atoms with van der Waals surface area (Å²) < 4.78 is 42.0. The molecular weight excluding hydrogens is 365 g/mol. The highest BCUT2D eigenvalue weighted by atomic mass is 32.2. The van der Waals surface area contributed by atoms with Gasteiger partial charge in [-0.2, -0.15) is 18.3 Å². The lowest BCUT2D eigenvalue weighted by Gasteiger charge is -2.17. The molecule has 5 nitrogen and oxygen atoms in total. The van der Waals surface area contributed by atoms with Crippen LogP contribution in [-0.2, 0) is 17.5 Å². The Morgan fingerprint density at radius 3 is 2.73 bits per heavy atom. The summed E-state index contributed by atoms with van der Waals surface area (Å²) in [6.07, 6.45) is -4.52. The van der Waals surface area contributed by atoms with Crippen molar-refractivity contribution in [3.05, 3.63) is 46.8 Å². The normalized spacial score (nSPS) is 17.5. The van der Waals surface area contributed by atoms with Gasteiger partial charge in [-0.15, -0.1) is 11.8 Å². The van der Waals surface area contributed by atoms with Gasteiger partial charge in [0.25, 0.3) is 0 Å². The fraction of sp³-hybridized carbons (Fsp3) is 0.412. The van der Waals surface area contributed by atoms with Crippen LogP contribution in [0.3, 0.4) is 0 Å². The maximum atomic E-state index is 13.5. The zero-order chi connectivity index (χ0) is 18.9. The molecule has 1 aromatic carbocycles. The number of alkyl halides is 3. The molecule has 9 heteroatoms. The van der Waals surface area contributed by atoms with Crippen molar-refractivity contribution in [1.82, 2.24) is 20.4 Å². The Hall–Kier alpha value is -2.00. The van der Waals surface area contributed by atoms with Gasteiger partial charge in [0.2, 0.25) is 5.91 Å². The van der Waals surface area contributed by atoms with Gasteiger partial charge in [0, 0.05) is 23.9 Å². The van der Waals surface area contributed by atoms with Crippen LogP contribution >= 0.6 is 11.8 Å². The van der Waals surface area contributed by atoms with E-state index in [4.69, 9.17) is 0 Å². The number of amides is 1. The molecule has 140 valence electrons. The third kappa shape index (κ3) is 4.04. The number of benzene rings is 1. The first-order chi connectivity index (χ1) is 12.3. The lowest BCUT2D eigenvalue weighted by molar-refractivity contribution is -0.138. The molecule has 1 aromatic heterocycles. The van der Waals surface area contributed by atoms with Crippen LogP contribution in [-0.4, -0.2) is 33.4 Å². The van der Waals surface area contributed by atoms with Crippen molar-refractivity contribution in [1.29, 1.82) is 0 Å². The quantitative estimate of drug-likeness (QED) is 0.851. The summed E-state index contributed by atoms with van der Waals surface area (Å²) in [4.78, 5) is 12.0. The van der Waals surface area contributed by atoms with Crippen LogP contribution in [0, 0.1) is 13.8 Å². The average molecular weight is 384 g/mol. The van der Waals surface area contributed by atoms with E-state index in [1.54, 1.807) is 37.7 Å². The molecule has 0 aliphatic carbocycles. The monoisotopic (exact) mass is 384 g/mol. The first-order valence-electron chi connectivity index (χ1n) is 8.08. The Kier molecular flexibility index (Phi) is 5.29. The molecule has 0 radical (unpaired) electrons. The topological polar surface area (TPSA) is 59.0 Å². The van der Waals surface area contributed by atoms with Gasteiger partial charge in [-0.3, -0.25) is 10.1 Å². The van der Waals surface area contributed by atoms with E-state index < -0.39 is 11.7 Å². The number of carbonyl (C=O) groups excluding carboxylic acids is 1. The van der Waals surface area contributed by atoms with Crippen molar-refractivity contribution in [2.24, 2.45) is 0 Å². The number of thioether (sulfide) groups is 1. The summed E-state index contributed by atoms with van der Waals surface area (Å²) in [6.45, 7) is 3.40. The maximum absolute atomic E-state index is 13.5. The van der Waals surface area contributed by atoms with Crippen molar-refractivity contribution in [2.45, 2.75) is 32.6 Å². The van der Waals surface area contributed by atoms with Crippen LogP contribution in [0.25, 0.3) is 5.69 Å². The molecule has 3 rings (SSSR count). The first-order valence-corrected chi connectivity index (χ1v) is 9.24. The van der Waals surface area contributed by atoms with Crippen molar-refractivity contribution >= 4 is 17.7 Å². The lowest BCUT2D eigenvalue weighted by Crippen LogP contribution is -2.41. The van der Waals surface area contributed by atoms with Crippen LogP contribution in [0.4, 0.5) is 13.2 Å². The molecule has 2 heterocycles. The summed E-state index contributed by atoms with van der Waals surface area (Å²) in [5.74, 6) is 1.00. The van der Waals surface area contributed by atoms with Crippen LogP contribution in [0.2, 0.25) is 0 Å². The molecule has 1 amide bonds. The van der Waals surface area contributed by atoms with Crippen LogP contribution < -0.4 is 10.6 Å². The Balaban J connectivity index is 1.85. The fourth-order valence-electron chi connectivity index (χ4n) is 2.87. The molecule has 0 saturated carbocycles. The predicted molar refractivity (Wildman–Crippen MR) is 94.1 cm³/mol. The highest BCUT2D eigenvalue weighted by molar-refractivity contribution is 7.99. The van der Waals surface area contributed by atoms with Crippen LogP contribution in [0.15, 0.2) is 24.3 Å². The Morgan fingerprint density at radius 1 is 1.38 bits per heavy atom. The summed E-state index contributed by atoms with van der Waals surface area (Å²) >= 11 is 1.58.